The maximum Gasteiger partial charge on any atom is 0.0850 e. The molecule has 1 unspecified atom stereocenters. The van der Waals surface area contributed by atoms with Gasteiger partial charge in [0.15, 0.2) is 0 Å². The first kappa shape index (κ1) is 13.3. The second kappa shape index (κ2) is 6.12. The fourth-order valence-electron chi connectivity index (χ4n) is 1.58. The van der Waals surface area contributed by atoms with Gasteiger partial charge in [-0.05, 0) is 13.3 Å². The molecule has 88 valence electrons. The molecule has 0 radical (unpaired) electrons. The Morgan fingerprint density at radius 2 is 2.19 bits per heavy atom. The van der Waals surface area contributed by atoms with Crippen LogP contribution in [0.1, 0.15) is 25.2 Å². The Morgan fingerprint density at radius 3 is 2.62 bits per heavy atom. The van der Waals surface area contributed by atoms with Crippen LogP contribution in [0.3, 0.4) is 0 Å². The largest absolute Gasteiger partial charge is 0.268 e. The zero-order valence-corrected chi connectivity index (χ0v) is 11.0. The van der Waals surface area contributed by atoms with Gasteiger partial charge in [0.2, 0.25) is 0 Å². The standard InChI is InChI=1S/C11H15Cl2N3/c1-3-9-11(13)10(16(4-2)15-9)5-8(6-12)7-14/h8H,3-6H2,1-2H3. The average Bonchev–Trinajstić information content (AvgIpc) is 2.62. The van der Waals surface area contributed by atoms with Crippen molar-refractivity contribution in [2.75, 3.05) is 5.88 Å². The van der Waals surface area contributed by atoms with Crippen LogP contribution in [0.2, 0.25) is 5.02 Å². The van der Waals surface area contributed by atoms with Gasteiger partial charge in [-0.15, -0.1) is 11.6 Å². The van der Waals surface area contributed by atoms with E-state index in [9.17, 15) is 0 Å². The summed E-state index contributed by atoms with van der Waals surface area (Å²) < 4.78 is 1.86. The van der Waals surface area contributed by atoms with E-state index in [1.807, 2.05) is 18.5 Å². The van der Waals surface area contributed by atoms with Crippen molar-refractivity contribution in [3.63, 3.8) is 0 Å². The predicted molar refractivity (Wildman–Crippen MR) is 65.8 cm³/mol. The topological polar surface area (TPSA) is 41.6 Å². The quantitative estimate of drug-likeness (QED) is 0.763. The monoisotopic (exact) mass is 259 g/mol. The molecule has 0 fully saturated rings. The van der Waals surface area contributed by atoms with Crippen molar-refractivity contribution in [3.05, 3.63) is 16.4 Å². The molecule has 0 amide bonds. The summed E-state index contributed by atoms with van der Waals surface area (Å²) in [7, 11) is 0. The van der Waals surface area contributed by atoms with Crippen LogP contribution in [0.25, 0.3) is 0 Å². The molecule has 16 heavy (non-hydrogen) atoms. The van der Waals surface area contributed by atoms with E-state index in [2.05, 4.69) is 11.2 Å². The molecule has 5 heteroatoms. The number of aromatic nitrogens is 2. The van der Waals surface area contributed by atoms with Gasteiger partial charge < -0.3 is 0 Å². The second-order valence-electron chi connectivity index (χ2n) is 3.56. The highest BCUT2D eigenvalue weighted by molar-refractivity contribution is 6.31. The number of rotatable bonds is 5. The van der Waals surface area contributed by atoms with Crippen molar-refractivity contribution < 1.29 is 0 Å². The van der Waals surface area contributed by atoms with Gasteiger partial charge in [0.05, 0.1) is 28.4 Å². The molecule has 0 aliphatic carbocycles. The van der Waals surface area contributed by atoms with Gasteiger partial charge in [-0.3, -0.25) is 4.68 Å². The fourth-order valence-corrected chi connectivity index (χ4v) is 2.10. The maximum absolute atomic E-state index is 8.90. The molecule has 0 spiro atoms. The van der Waals surface area contributed by atoms with E-state index in [0.717, 1.165) is 24.4 Å². The molecule has 0 aromatic carbocycles. The van der Waals surface area contributed by atoms with E-state index in [1.165, 1.54) is 0 Å². The van der Waals surface area contributed by atoms with Crippen molar-refractivity contribution in [2.24, 2.45) is 5.92 Å². The molecule has 1 aromatic heterocycles. The molecule has 1 atom stereocenters. The Labute approximate surface area is 106 Å². The van der Waals surface area contributed by atoms with Crippen LogP contribution in [-0.4, -0.2) is 15.7 Å². The zero-order valence-electron chi connectivity index (χ0n) is 9.50. The minimum absolute atomic E-state index is 0.203. The van der Waals surface area contributed by atoms with Crippen LogP contribution < -0.4 is 0 Å². The lowest BCUT2D eigenvalue weighted by Crippen LogP contribution is -2.10. The van der Waals surface area contributed by atoms with E-state index in [0.29, 0.717) is 17.3 Å². The van der Waals surface area contributed by atoms with Crippen molar-refractivity contribution in [2.45, 2.75) is 33.2 Å². The number of halogens is 2. The summed E-state index contributed by atoms with van der Waals surface area (Å²) in [6, 6.07) is 2.17. The summed E-state index contributed by atoms with van der Waals surface area (Å²) in [5.41, 5.74) is 1.82. The van der Waals surface area contributed by atoms with Crippen molar-refractivity contribution in [1.29, 1.82) is 5.26 Å². The summed E-state index contributed by atoms with van der Waals surface area (Å²) in [6.45, 7) is 4.78. The lowest BCUT2D eigenvalue weighted by molar-refractivity contribution is 0.588. The second-order valence-corrected chi connectivity index (χ2v) is 4.25. The van der Waals surface area contributed by atoms with E-state index in [4.69, 9.17) is 28.5 Å². The van der Waals surface area contributed by atoms with Crippen LogP contribution in [0.5, 0.6) is 0 Å². The Hall–Kier alpha value is -0.720. The highest BCUT2D eigenvalue weighted by Gasteiger charge is 2.18. The smallest absolute Gasteiger partial charge is 0.0850 e. The van der Waals surface area contributed by atoms with Gasteiger partial charge >= 0.3 is 0 Å². The molecular weight excluding hydrogens is 245 g/mol. The molecule has 0 saturated heterocycles. The van der Waals surface area contributed by atoms with Gasteiger partial charge in [-0.1, -0.05) is 18.5 Å². The molecule has 1 heterocycles. The number of hydrogen-bond donors (Lipinski definition) is 0. The normalized spacial score (nSPS) is 12.4. The van der Waals surface area contributed by atoms with E-state index in [1.54, 1.807) is 0 Å². The Bertz CT molecular complexity index is 393. The van der Waals surface area contributed by atoms with Crippen molar-refractivity contribution >= 4 is 23.2 Å². The molecule has 0 N–H and O–H groups in total. The van der Waals surface area contributed by atoms with Gasteiger partial charge in [0.25, 0.3) is 0 Å². The number of hydrogen-bond acceptors (Lipinski definition) is 2. The van der Waals surface area contributed by atoms with Gasteiger partial charge in [0.1, 0.15) is 0 Å². The molecule has 0 bridgehead atoms. The Morgan fingerprint density at radius 1 is 1.50 bits per heavy atom. The fraction of sp³-hybridized carbons (Fsp3) is 0.636. The number of nitrogens with zero attached hydrogens (tertiary/aromatic N) is 3. The van der Waals surface area contributed by atoms with Crippen LogP contribution in [0, 0.1) is 17.2 Å². The molecule has 0 aliphatic heterocycles. The van der Waals surface area contributed by atoms with Crippen LogP contribution in [0.4, 0.5) is 0 Å². The summed E-state index contributed by atoms with van der Waals surface area (Å²) >= 11 is 11.9. The Kier molecular flexibility index (Phi) is 5.11. The van der Waals surface area contributed by atoms with Crippen molar-refractivity contribution in [3.8, 4) is 6.07 Å². The summed E-state index contributed by atoms with van der Waals surface area (Å²) in [5.74, 6) is 0.120. The van der Waals surface area contributed by atoms with Crippen LogP contribution in [-0.2, 0) is 19.4 Å². The lowest BCUT2D eigenvalue weighted by Gasteiger charge is -2.07. The molecular formula is C11H15Cl2N3. The van der Waals surface area contributed by atoms with Crippen molar-refractivity contribution in [1.82, 2.24) is 9.78 Å². The zero-order chi connectivity index (χ0) is 12.1. The third kappa shape index (κ3) is 2.69. The van der Waals surface area contributed by atoms with Gasteiger partial charge in [0, 0.05) is 18.8 Å². The third-order valence-electron chi connectivity index (χ3n) is 2.50. The van der Waals surface area contributed by atoms with Gasteiger partial charge in [-0.2, -0.15) is 10.4 Å². The molecule has 1 aromatic rings. The van der Waals surface area contributed by atoms with E-state index >= 15 is 0 Å². The summed E-state index contributed by atoms with van der Waals surface area (Å²) in [5, 5.41) is 14.0. The molecule has 3 nitrogen and oxygen atoms in total. The first-order chi connectivity index (χ1) is 7.67. The molecule has 0 aliphatic rings. The first-order valence-corrected chi connectivity index (χ1v) is 6.28. The number of nitriles is 1. The molecule has 1 rings (SSSR count). The SMILES string of the molecule is CCc1nn(CC)c(CC(C#N)CCl)c1Cl. The third-order valence-corrected chi connectivity index (χ3v) is 3.31. The van der Waals surface area contributed by atoms with Crippen LogP contribution in [0.15, 0.2) is 0 Å². The summed E-state index contributed by atoms with van der Waals surface area (Å²) in [6.07, 6.45) is 1.37. The number of aryl methyl sites for hydroxylation is 2. The first-order valence-electron chi connectivity index (χ1n) is 5.37. The predicted octanol–water partition coefficient (Wildman–Crippen LogP) is 3.04. The minimum atomic E-state index is -0.203. The molecule has 0 saturated carbocycles. The highest BCUT2D eigenvalue weighted by atomic mass is 35.5. The number of alkyl halides is 1. The van der Waals surface area contributed by atoms with E-state index < -0.39 is 0 Å². The highest BCUT2D eigenvalue weighted by Crippen LogP contribution is 2.24. The van der Waals surface area contributed by atoms with Gasteiger partial charge in [-0.25, -0.2) is 0 Å². The Balaban J connectivity index is 3.02. The minimum Gasteiger partial charge on any atom is -0.268 e. The summed E-state index contributed by atoms with van der Waals surface area (Å²) in [4.78, 5) is 0. The maximum atomic E-state index is 8.90. The van der Waals surface area contributed by atoms with E-state index in [-0.39, 0.29) is 5.92 Å². The average molecular weight is 260 g/mol. The van der Waals surface area contributed by atoms with Crippen LogP contribution >= 0.6 is 23.2 Å². The lowest BCUT2D eigenvalue weighted by atomic mass is 10.1.